The van der Waals surface area contributed by atoms with Gasteiger partial charge in [0, 0.05) is 13.1 Å². The molecule has 1 saturated heterocycles. The predicted octanol–water partition coefficient (Wildman–Crippen LogP) is 1.79. The van der Waals surface area contributed by atoms with Gasteiger partial charge in [-0.15, -0.1) is 5.10 Å². The van der Waals surface area contributed by atoms with Crippen LogP contribution in [0.15, 0.2) is 24.3 Å². The summed E-state index contributed by atoms with van der Waals surface area (Å²) in [4.78, 5) is 14.4. The Hall–Kier alpha value is -2.54. The number of amides is 1. The quantitative estimate of drug-likeness (QED) is 0.674. The molecule has 1 aromatic carbocycles. The molecule has 1 atom stereocenters. The van der Waals surface area contributed by atoms with Crippen LogP contribution in [0, 0.1) is 0 Å². The van der Waals surface area contributed by atoms with Crippen molar-refractivity contribution in [3.63, 3.8) is 0 Å². The number of benzene rings is 1. The fraction of sp³-hybridized carbons (Fsp3) is 0.556. The van der Waals surface area contributed by atoms with Crippen LogP contribution in [0.4, 0.5) is 13.2 Å². The van der Waals surface area contributed by atoms with Gasteiger partial charge in [-0.05, 0) is 48.9 Å². The van der Waals surface area contributed by atoms with Gasteiger partial charge < -0.3 is 4.90 Å². The van der Waals surface area contributed by atoms with Crippen molar-refractivity contribution in [1.29, 1.82) is 0 Å². The number of halogens is 3. The van der Waals surface area contributed by atoms with Gasteiger partial charge in [0.15, 0.2) is 5.82 Å². The molecule has 170 valence electrons. The molecule has 13 heteroatoms. The average molecular weight is 460 g/mol. The molecule has 2 aromatic rings. The van der Waals surface area contributed by atoms with Gasteiger partial charge in [-0.3, -0.25) is 4.79 Å². The maximum absolute atomic E-state index is 13.1. The first kappa shape index (κ1) is 23.1. The summed E-state index contributed by atoms with van der Waals surface area (Å²) in [6.45, 7) is 4.53. The molecule has 0 spiro atoms. The first-order valence-electron chi connectivity index (χ1n) is 9.43. The molecule has 1 aromatic heterocycles. The summed E-state index contributed by atoms with van der Waals surface area (Å²) in [5, 5.41) is 11.6. The van der Waals surface area contributed by atoms with Crippen molar-refractivity contribution in [2.24, 2.45) is 0 Å². The second-order valence-electron chi connectivity index (χ2n) is 8.02. The number of alkyl halides is 3. The average Bonchev–Trinajstić information content (AvgIpc) is 3.14. The fourth-order valence-corrected chi connectivity index (χ4v) is 4.44. The summed E-state index contributed by atoms with van der Waals surface area (Å²) < 4.78 is 66.3. The van der Waals surface area contributed by atoms with Gasteiger partial charge in [0.25, 0.3) is 0 Å². The number of sulfonamides is 1. The van der Waals surface area contributed by atoms with E-state index in [-0.39, 0.29) is 30.5 Å². The number of carbonyl (C=O) groups excluding carboxylic acids is 1. The minimum atomic E-state index is -4.53. The van der Waals surface area contributed by atoms with Crippen LogP contribution in [0.25, 0.3) is 0 Å². The molecule has 0 aliphatic carbocycles. The van der Waals surface area contributed by atoms with Gasteiger partial charge >= 0.3 is 6.18 Å². The highest BCUT2D eigenvalue weighted by atomic mass is 32.2. The highest BCUT2D eigenvalue weighted by Gasteiger charge is 2.49. The molecule has 1 unspecified atom stereocenters. The third-order valence-electron chi connectivity index (χ3n) is 5.22. The van der Waals surface area contributed by atoms with E-state index >= 15 is 0 Å². The molecular weight excluding hydrogens is 437 g/mol. The van der Waals surface area contributed by atoms with Crippen LogP contribution >= 0.6 is 0 Å². The van der Waals surface area contributed by atoms with Gasteiger partial charge in [-0.25, -0.2) is 13.1 Å². The SMILES string of the molecule is CC(C)n1nnnc1C1(C)CN(S(C)(=O)=O)CC(=O)N1Cc1cccc(C(F)(F)F)c1. The second-order valence-corrected chi connectivity index (χ2v) is 10.0. The van der Waals surface area contributed by atoms with E-state index in [9.17, 15) is 26.4 Å². The van der Waals surface area contributed by atoms with Crippen molar-refractivity contribution in [3.8, 4) is 0 Å². The molecule has 1 fully saturated rings. The maximum atomic E-state index is 13.1. The minimum Gasteiger partial charge on any atom is -0.323 e. The molecule has 3 rings (SSSR count). The van der Waals surface area contributed by atoms with Crippen molar-refractivity contribution in [1.82, 2.24) is 29.4 Å². The summed E-state index contributed by atoms with van der Waals surface area (Å²) in [6.07, 6.45) is -3.53. The zero-order chi connectivity index (χ0) is 23.2. The van der Waals surface area contributed by atoms with Crippen molar-refractivity contribution in [2.75, 3.05) is 19.3 Å². The summed E-state index contributed by atoms with van der Waals surface area (Å²) in [5.74, 6) is -0.314. The lowest BCUT2D eigenvalue weighted by Gasteiger charge is -2.47. The summed E-state index contributed by atoms with van der Waals surface area (Å²) in [6, 6.07) is 4.48. The second kappa shape index (κ2) is 7.86. The predicted molar refractivity (Wildman–Crippen MR) is 104 cm³/mol. The number of carbonyl (C=O) groups is 1. The third kappa shape index (κ3) is 4.56. The van der Waals surface area contributed by atoms with Gasteiger partial charge in [0.1, 0.15) is 5.54 Å². The monoisotopic (exact) mass is 460 g/mol. The fourth-order valence-electron chi connectivity index (χ4n) is 3.61. The smallest absolute Gasteiger partial charge is 0.323 e. The zero-order valence-electron chi connectivity index (χ0n) is 17.5. The summed E-state index contributed by atoms with van der Waals surface area (Å²) in [7, 11) is -3.72. The van der Waals surface area contributed by atoms with Crippen molar-refractivity contribution in [3.05, 3.63) is 41.2 Å². The van der Waals surface area contributed by atoms with E-state index in [4.69, 9.17) is 0 Å². The molecule has 31 heavy (non-hydrogen) atoms. The van der Waals surface area contributed by atoms with E-state index in [0.717, 1.165) is 22.7 Å². The standard InChI is InChI=1S/C18H23F3N6O3S/c1-12(2)27-16(22-23-24-27)17(3)11-25(31(4,29)30)10-15(28)26(17)9-13-6-5-7-14(8-13)18(19,20)21/h5-8,12H,9-11H2,1-4H3. The molecule has 0 saturated carbocycles. The summed E-state index contributed by atoms with van der Waals surface area (Å²) >= 11 is 0. The largest absolute Gasteiger partial charge is 0.416 e. The molecule has 1 aliphatic heterocycles. The van der Waals surface area contributed by atoms with Crippen molar-refractivity contribution >= 4 is 15.9 Å². The Morgan fingerprint density at radius 2 is 1.94 bits per heavy atom. The number of aromatic nitrogens is 4. The van der Waals surface area contributed by atoms with E-state index in [2.05, 4.69) is 15.5 Å². The van der Waals surface area contributed by atoms with Crippen LogP contribution in [0.5, 0.6) is 0 Å². The molecule has 0 radical (unpaired) electrons. The van der Waals surface area contributed by atoms with Crippen LogP contribution in [0.1, 0.15) is 43.8 Å². The van der Waals surface area contributed by atoms with E-state index in [1.165, 1.54) is 21.7 Å². The lowest BCUT2D eigenvalue weighted by atomic mass is 9.94. The van der Waals surface area contributed by atoms with Crippen LogP contribution in [-0.4, -0.2) is 63.1 Å². The van der Waals surface area contributed by atoms with E-state index in [1.54, 1.807) is 6.92 Å². The molecule has 9 nitrogen and oxygen atoms in total. The molecule has 0 N–H and O–H groups in total. The molecule has 1 amide bonds. The van der Waals surface area contributed by atoms with E-state index in [1.807, 2.05) is 13.8 Å². The third-order valence-corrected chi connectivity index (χ3v) is 6.42. The highest BCUT2D eigenvalue weighted by molar-refractivity contribution is 7.88. The minimum absolute atomic E-state index is 0.135. The Bertz CT molecular complexity index is 1090. The Morgan fingerprint density at radius 1 is 1.26 bits per heavy atom. The summed E-state index contributed by atoms with van der Waals surface area (Å²) in [5.41, 5.74) is -1.88. The highest BCUT2D eigenvalue weighted by Crippen LogP contribution is 2.35. The van der Waals surface area contributed by atoms with Gasteiger partial charge in [0.2, 0.25) is 15.9 Å². The normalized spacial score (nSPS) is 21.2. The number of piperazine rings is 1. The lowest BCUT2D eigenvalue weighted by Crippen LogP contribution is -2.62. The Labute approximate surface area is 177 Å². The number of nitrogens with zero attached hydrogens (tertiary/aromatic N) is 6. The van der Waals surface area contributed by atoms with Crippen LogP contribution < -0.4 is 0 Å². The van der Waals surface area contributed by atoms with Gasteiger partial charge in [0.05, 0.1) is 24.4 Å². The number of hydrogen-bond acceptors (Lipinski definition) is 6. The van der Waals surface area contributed by atoms with Crippen molar-refractivity contribution < 1.29 is 26.4 Å². The Kier molecular flexibility index (Phi) is 5.86. The Balaban J connectivity index is 2.08. The molecule has 0 bridgehead atoms. The van der Waals surface area contributed by atoms with Crippen LogP contribution in [-0.2, 0) is 33.1 Å². The van der Waals surface area contributed by atoms with Gasteiger partial charge in [-0.2, -0.15) is 17.5 Å². The van der Waals surface area contributed by atoms with Crippen LogP contribution in [0.3, 0.4) is 0 Å². The topological polar surface area (TPSA) is 101 Å². The van der Waals surface area contributed by atoms with E-state index in [0.29, 0.717) is 0 Å². The molecule has 1 aliphatic rings. The zero-order valence-corrected chi connectivity index (χ0v) is 18.3. The number of rotatable bonds is 5. The molecular formula is C18H23F3N6O3S. The first-order valence-corrected chi connectivity index (χ1v) is 11.3. The Morgan fingerprint density at radius 3 is 2.52 bits per heavy atom. The van der Waals surface area contributed by atoms with Gasteiger partial charge in [-0.1, -0.05) is 12.1 Å². The van der Waals surface area contributed by atoms with E-state index < -0.39 is 39.8 Å². The number of hydrogen-bond donors (Lipinski definition) is 0. The molecule has 2 heterocycles. The lowest BCUT2D eigenvalue weighted by molar-refractivity contribution is -0.145. The van der Waals surface area contributed by atoms with Crippen LogP contribution in [0.2, 0.25) is 0 Å². The van der Waals surface area contributed by atoms with Crippen molar-refractivity contribution in [2.45, 2.75) is 45.1 Å². The number of tetrazole rings is 1. The maximum Gasteiger partial charge on any atom is 0.416 e. The first-order chi connectivity index (χ1) is 14.2.